The molecule has 4 atom stereocenters. The largest absolute Gasteiger partial charge is 0.465 e. The molecule has 4 nitrogen and oxygen atoms in total. The molecule has 0 aliphatic heterocycles. The van der Waals surface area contributed by atoms with Crippen LogP contribution in [-0.2, 0) is 20.0 Å². The standard InChI is InChI=1S/C34H57F3O4SSi2/c1-11-32(22-14-23-32)29(40-44(9,10)31(2,3)4)18-13-17-27-25(15-12-16-26-19-20-28(42-26)30(38)39-5)21-24-33(27,34(35,36)37)41-43(6,7)8/h13,17,19-20,25,27,29H,11-12,14-16,18,21-24H2,1-10H3/t25-,27+,29?,33-/m0/s1. The summed E-state index contributed by atoms with van der Waals surface area (Å²) >= 11 is 1.40. The van der Waals surface area contributed by atoms with Gasteiger partial charge >= 0.3 is 12.1 Å². The van der Waals surface area contributed by atoms with Crippen molar-refractivity contribution in [2.45, 2.75) is 148 Å². The fraction of sp³-hybridized carbons (Fsp3) is 0.794. The van der Waals surface area contributed by atoms with Gasteiger partial charge in [0.2, 0.25) is 0 Å². The second kappa shape index (κ2) is 14.0. The number of carbonyl (C=O) groups excluding carboxylic acids is 1. The molecule has 2 aliphatic carbocycles. The summed E-state index contributed by atoms with van der Waals surface area (Å²) in [5.41, 5.74) is -2.05. The lowest BCUT2D eigenvalue weighted by Gasteiger charge is -2.51. The van der Waals surface area contributed by atoms with E-state index in [0.717, 1.165) is 37.0 Å². The molecule has 2 saturated carbocycles. The SMILES string of the molecule is CCC1(C(CC=C[C@@H]2[C@@H](CCCc3ccc(C(=O)OC)s3)CC[C@@]2(O[Si](C)(C)C)C(F)(F)F)O[Si](C)(C)C(C)(C)C)CCC1. The average Bonchev–Trinajstić information content (AvgIpc) is 3.47. The van der Waals surface area contributed by atoms with Crippen molar-refractivity contribution in [3.05, 3.63) is 34.0 Å². The normalized spacial score (nSPS) is 25.3. The Balaban J connectivity index is 1.88. The predicted octanol–water partition coefficient (Wildman–Crippen LogP) is 11.0. The van der Waals surface area contributed by atoms with Gasteiger partial charge in [-0.1, -0.05) is 46.3 Å². The molecular formula is C34H57F3O4SSi2. The van der Waals surface area contributed by atoms with E-state index >= 15 is 13.2 Å². The third kappa shape index (κ3) is 8.49. The van der Waals surface area contributed by atoms with Crippen LogP contribution in [0.5, 0.6) is 0 Å². The molecule has 1 aromatic rings. The highest BCUT2D eigenvalue weighted by atomic mass is 32.1. The molecule has 44 heavy (non-hydrogen) atoms. The van der Waals surface area contributed by atoms with Crippen LogP contribution in [0.4, 0.5) is 13.2 Å². The fourth-order valence-electron chi connectivity index (χ4n) is 6.92. The Morgan fingerprint density at radius 2 is 1.77 bits per heavy atom. The minimum Gasteiger partial charge on any atom is -0.465 e. The number of aryl methyl sites for hydroxylation is 1. The van der Waals surface area contributed by atoms with Crippen LogP contribution in [-0.4, -0.2) is 47.6 Å². The van der Waals surface area contributed by atoms with E-state index in [2.05, 4.69) is 40.8 Å². The van der Waals surface area contributed by atoms with E-state index in [9.17, 15) is 4.79 Å². The molecule has 0 amide bonds. The monoisotopic (exact) mass is 674 g/mol. The lowest BCUT2D eigenvalue weighted by molar-refractivity contribution is -0.261. The molecule has 0 N–H and O–H groups in total. The highest BCUT2D eigenvalue weighted by Crippen LogP contribution is 2.56. The highest BCUT2D eigenvalue weighted by molar-refractivity contribution is 7.13. The van der Waals surface area contributed by atoms with Crippen molar-refractivity contribution in [1.82, 2.24) is 0 Å². The van der Waals surface area contributed by atoms with Crippen molar-refractivity contribution in [2.24, 2.45) is 17.3 Å². The van der Waals surface area contributed by atoms with E-state index in [0.29, 0.717) is 24.1 Å². The first-order chi connectivity index (χ1) is 20.2. The molecule has 252 valence electrons. The van der Waals surface area contributed by atoms with Crippen molar-refractivity contribution in [1.29, 1.82) is 0 Å². The topological polar surface area (TPSA) is 44.8 Å². The number of alkyl halides is 3. The van der Waals surface area contributed by atoms with E-state index in [1.54, 1.807) is 6.07 Å². The summed E-state index contributed by atoms with van der Waals surface area (Å²) in [7, 11) is -3.25. The Morgan fingerprint density at radius 1 is 1.11 bits per heavy atom. The van der Waals surface area contributed by atoms with Crippen LogP contribution in [0, 0.1) is 17.3 Å². The minimum atomic E-state index is -4.46. The van der Waals surface area contributed by atoms with Crippen LogP contribution in [0.2, 0.25) is 37.8 Å². The minimum absolute atomic E-state index is 0.00523. The number of hydrogen-bond acceptors (Lipinski definition) is 5. The molecule has 0 saturated heterocycles. The number of rotatable bonds is 14. The Kier molecular flexibility index (Phi) is 12.0. The van der Waals surface area contributed by atoms with E-state index < -0.39 is 34.3 Å². The quantitative estimate of drug-likeness (QED) is 0.112. The first-order valence-corrected chi connectivity index (χ1v) is 23.6. The van der Waals surface area contributed by atoms with E-state index in [4.69, 9.17) is 13.6 Å². The molecular weight excluding hydrogens is 618 g/mol. The van der Waals surface area contributed by atoms with Gasteiger partial charge in [-0.25, -0.2) is 4.79 Å². The van der Waals surface area contributed by atoms with Gasteiger partial charge in [0.25, 0.3) is 0 Å². The summed E-state index contributed by atoms with van der Waals surface area (Å²) in [5, 5.41) is 0.0565. The van der Waals surface area contributed by atoms with Crippen molar-refractivity contribution in [3.8, 4) is 0 Å². The Hall–Kier alpha value is -0.946. The summed E-state index contributed by atoms with van der Waals surface area (Å²) in [5.74, 6) is -1.23. The lowest BCUT2D eigenvalue weighted by atomic mass is 9.63. The van der Waals surface area contributed by atoms with Gasteiger partial charge in [-0.05, 0) is 119 Å². The maximum atomic E-state index is 15.1. The third-order valence-corrected chi connectivity index (χ3v) is 17.2. The zero-order chi connectivity index (χ0) is 33.2. The van der Waals surface area contributed by atoms with Crippen LogP contribution < -0.4 is 0 Å². The van der Waals surface area contributed by atoms with Crippen LogP contribution in [0.15, 0.2) is 24.3 Å². The molecule has 0 radical (unpaired) electrons. The molecule has 3 rings (SSSR count). The van der Waals surface area contributed by atoms with Crippen LogP contribution in [0.25, 0.3) is 0 Å². The molecule has 1 aromatic heterocycles. The third-order valence-electron chi connectivity index (χ3n) is 10.6. The Morgan fingerprint density at radius 3 is 2.27 bits per heavy atom. The summed E-state index contributed by atoms with van der Waals surface area (Å²) in [6.07, 6.45) is 7.17. The number of esters is 1. The second-order valence-electron chi connectivity index (χ2n) is 15.7. The molecule has 0 bridgehead atoms. The maximum absolute atomic E-state index is 15.1. The lowest BCUT2D eigenvalue weighted by Crippen LogP contribution is -2.56. The maximum Gasteiger partial charge on any atom is 0.416 e. The summed E-state index contributed by atoms with van der Waals surface area (Å²) in [6.45, 7) is 19.1. The van der Waals surface area contributed by atoms with Gasteiger partial charge in [0, 0.05) is 10.8 Å². The second-order valence-corrected chi connectivity index (χ2v) is 26.0. The van der Waals surface area contributed by atoms with Crippen LogP contribution >= 0.6 is 11.3 Å². The van der Waals surface area contributed by atoms with Gasteiger partial charge in [0.05, 0.1) is 13.2 Å². The van der Waals surface area contributed by atoms with Gasteiger partial charge in [-0.15, -0.1) is 11.3 Å². The molecule has 2 fully saturated rings. The van der Waals surface area contributed by atoms with Gasteiger partial charge in [0.1, 0.15) is 4.88 Å². The first-order valence-electron chi connectivity index (χ1n) is 16.5. The number of methoxy groups -OCH3 is 1. The average molecular weight is 675 g/mol. The number of ether oxygens (including phenoxy) is 1. The zero-order valence-corrected chi connectivity index (χ0v) is 31.6. The van der Waals surface area contributed by atoms with Crippen LogP contribution in [0.3, 0.4) is 0 Å². The van der Waals surface area contributed by atoms with E-state index in [1.165, 1.54) is 24.9 Å². The fourth-order valence-corrected chi connectivity index (χ4v) is 10.7. The molecule has 10 heteroatoms. The molecule has 0 spiro atoms. The summed E-state index contributed by atoms with van der Waals surface area (Å²) in [4.78, 5) is 13.5. The highest BCUT2D eigenvalue weighted by Gasteiger charge is 2.65. The predicted molar refractivity (Wildman–Crippen MR) is 180 cm³/mol. The molecule has 0 aromatic carbocycles. The summed E-state index contributed by atoms with van der Waals surface area (Å²) < 4.78 is 63.4. The van der Waals surface area contributed by atoms with Crippen molar-refractivity contribution in [3.63, 3.8) is 0 Å². The number of thiophene rings is 1. The number of halogens is 3. The van der Waals surface area contributed by atoms with E-state index in [1.807, 2.05) is 37.9 Å². The smallest absolute Gasteiger partial charge is 0.416 e. The van der Waals surface area contributed by atoms with Crippen molar-refractivity contribution >= 4 is 33.9 Å². The van der Waals surface area contributed by atoms with Gasteiger partial charge in [-0.3, -0.25) is 0 Å². The van der Waals surface area contributed by atoms with Crippen LogP contribution in [0.1, 0.15) is 100 Å². The van der Waals surface area contributed by atoms with Gasteiger partial charge < -0.3 is 13.6 Å². The molecule has 1 unspecified atom stereocenters. The molecule has 2 aliphatic rings. The molecule has 1 heterocycles. The van der Waals surface area contributed by atoms with Gasteiger partial charge in [-0.2, -0.15) is 13.2 Å². The Bertz CT molecular complexity index is 1130. The van der Waals surface area contributed by atoms with E-state index in [-0.39, 0.29) is 34.9 Å². The first kappa shape index (κ1) is 37.5. The Labute approximate surface area is 270 Å². The van der Waals surface area contributed by atoms with Crippen molar-refractivity contribution < 1.29 is 31.6 Å². The summed E-state index contributed by atoms with van der Waals surface area (Å²) in [6, 6.07) is 3.68. The number of hydrogen-bond donors (Lipinski definition) is 0. The van der Waals surface area contributed by atoms with Gasteiger partial charge in [0.15, 0.2) is 22.2 Å². The number of carbonyl (C=O) groups is 1. The van der Waals surface area contributed by atoms with Crippen molar-refractivity contribution in [2.75, 3.05) is 7.11 Å². The zero-order valence-electron chi connectivity index (χ0n) is 28.8.